The van der Waals surface area contributed by atoms with E-state index < -0.39 is 0 Å². The third-order valence-electron chi connectivity index (χ3n) is 6.59. The van der Waals surface area contributed by atoms with Crippen molar-refractivity contribution in [2.24, 2.45) is 0 Å². The summed E-state index contributed by atoms with van der Waals surface area (Å²) < 4.78 is 6.10. The van der Waals surface area contributed by atoms with Crippen molar-refractivity contribution in [3.05, 3.63) is 94.0 Å². The lowest BCUT2D eigenvalue weighted by molar-refractivity contribution is 0.457. The van der Waals surface area contributed by atoms with Crippen LogP contribution >= 0.6 is 0 Å². The first-order valence-corrected chi connectivity index (χ1v) is 11.6. The summed E-state index contributed by atoms with van der Waals surface area (Å²) >= 11 is 0. The van der Waals surface area contributed by atoms with Crippen LogP contribution in [0.4, 0.5) is 17.1 Å². The van der Waals surface area contributed by atoms with Gasteiger partial charge in [-0.2, -0.15) is 0 Å². The molecule has 0 heterocycles. The topological polar surface area (TPSA) is 73.2 Å². The minimum atomic E-state index is 0.167. The Hall–Kier alpha value is -4.12. The van der Waals surface area contributed by atoms with E-state index >= 15 is 0 Å². The molecular formula is C30H31NO4. The lowest BCUT2D eigenvalue weighted by atomic mass is 10.0. The summed E-state index contributed by atoms with van der Waals surface area (Å²) in [4.78, 5) is 1.90. The molecule has 0 amide bonds. The Morgan fingerprint density at radius 1 is 0.543 bits per heavy atom. The summed E-state index contributed by atoms with van der Waals surface area (Å²) in [6.07, 6.45) is 0. The molecule has 0 fully saturated rings. The van der Waals surface area contributed by atoms with E-state index in [0.717, 1.165) is 39.1 Å². The highest BCUT2D eigenvalue weighted by Gasteiger charge is 2.24. The highest BCUT2D eigenvalue weighted by atomic mass is 16.5. The first-order valence-electron chi connectivity index (χ1n) is 11.6. The lowest BCUT2D eigenvalue weighted by Gasteiger charge is -2.30. The molecule has 5 nitrogen and oxygen atoms in total. The predicted octanol–water partition coefficient (Wildman–Crippen LogP) is 7.92. The summed E-state index contributed by atoms with van der Waals surface area (Å²) in [6, 6.07) is 18.6. The molecule has 0 unspecified atom stereocenters. The SMILES string of the molecule is Cc1ccc(C)c(N(c2ccc(Oc3ccc(O)c(C)c3C)cc2)c2c(C)ccc(C)c2O)c1O. The number of phenols is 3. The molecule has 4 aromatic carbocycles. The number of benzene rings is 4. The van der Waals surface area contributed by atoms with E-state index in [9.17, 15) is 15.3 Å². The maximum absolute atomic E-state index is 11.1. The van der Waals surface area contributed by atoms with Crippen molar-refractivity contribution in [1.29, 1.82) is 0 Å². The molecule has 35 heavy (non-hydrogen) atoms. The van der Waals surface area contributed by atoms with Crippen LogP contribution in [-0.2, 0) is 0 Å². The number of hydrogen-bond acceptors (Lipinski definition) is 5. The number of ether oxygens (including phenoxy) is 1. The number of aryl methyl sites for hydroxylation is 4. The molecule has 180 valence electrons. The van der Waals surface area contributed by atoms with Crippen molar-refractivity contribution in [1.82, 2.24) is 0 Å². The van der Waals surface area contributed by atoms with Gasteiger partial charge in [-0.3, -0.25) is 0 Å². The van der Waals surface area contributed by atoms with Gasteiger partial charge in [0.1, 0.15) is 28.7 Å². The molecule has 0 spiro atoms. The van der Waals surface area contributed by atoms with E-state index in [1.54, 1.807) is 12.1 Å². The Morgan fingerprint density at radius 3 is 1.54 bits per heavy atom. The van der Waals surface area contributed by atoms with Crippen LogP contribution in [0.1, 0.15) is 33.4 Å². The normalized spacial score (nSPS) is 10.9. The van der Waals surface area contributed by atoms with Gasteiger partial charge in [-0.05, 0) is 111 Å². The van der Waals surface area contributed by atoms with Gasteiger partial charge in [0.2, 0.25) is 0 Å². The van der Waals surface area contributed by atoms with Gasteiger partial charge in [0.15, 0.2) is 0 Å². The van der Waals surface area contributed by atoms with Crippen LogP contribution in [0.2, 0.25) is 0 Å². The minimum absolute atomic E-state index is 0.167. The summed E-state index contributed by atoms with van der Waals surface area (Å²) in [5.41, 5.74) is 6.91. The van der Waals surface area contributed by atoms with Gasteiger partial charge in [-0.1, -0.05) is 24.3 Å². The van der Waals surface area contributed by atoms with Gasteiger partial charge in [0.05, 0.1) is 11.4 Å². The summed E-state index contributed by atoms with van der Waals surface area (Å²) in [5.74, 6) is 1.88. The third-order valence-corrected chi connectivity index (χ3v) is 6.59. The average Bonchev–Trinajstić information content (AvgIpc) is 2.84. The second-order valence-electron chi connectivity index (χ2n) is 9.06. The van der Waals surface area contributed by atoms with Crippen molar-refractivity contribution in [3.8, 4) is 28.7 Å². The molecule has 0 radical (unpaired) electrons. The second-order valence-corrected chi connectivity index (χ2v) is 9.06. The van der Waals surface area contributed by atoms with E-state index in [-0.39, 0.29) is 17.2 Å². The van der Waals surface area contributed by atoms with Gasteiger partial charge in [-0.25, -0.2) is 0 Å². The van der Waals surface area contributed by atoms with Crippen LogP contribution in [0.3, 0.4) is 0 Å². The molecule has 0 aromatic heterocycles. The van der Waals surface area contributed by atoms with Crippen molar-refractivity contribution in [3.63, 3.8) is 0 Å². The summed E-state index contributed by atoms with van der Waals surface area (Å²) in [5, 5.41) is 32.1. The van der Waals surface area contributed by atoms with Crippen molar-refractivity contribution >= 4 is 17.1 Å². The van der Waals surface area contributed by atoms with Crippen LogP contribution in [0.5, 0.6) is 28.7 Å². The highest BCUT2D eigenvalue weighted by Crippen LogP contribution is 2.48. The molecule has 4 aromatic rings. The fourth-order valence-electron chi connectivity index (χ4n) is 4.18. The monoisotopic (exact) mass is 469 g/mol. The Kier molecular flexibility index (Phi) is 6.35. The minimum Gasteiger partial charge on any atom is -0.508 e. The average molecular weight is 470 g/mol. The number of hydrogen-bond donors (Lipinski definition) is 3. The largest absolute Gasteiger partial charge is 0.508 e. The van der Waals surface area contributed by atoms with Crippen molar-refractivity contribution in [2.45, 2.75) is 41.5 Å². The smallest absolute Gasteiger partial charge is 0.142 e. The van der Waals surface area contributed by atoms with Crippen LogP contribution in [0, 0.1) is 41.5 Å². The zero-order valence-electron chi connectivity index (χ0n) is 21.0. The van der Waals surface area contributed by atoms with Crippen LogP contribution in [0.25, 0.3) is 0 Å². The van der Waals surface area contributed by atoms with E-state index in [1.165, 1.54) is 0 Å². The highest BCUT2D eigenvalue weighted by molar-refractivity contribution is 5.87. The van der Waals surface area contributed by atoms with Gasteiger partial charge in [0.25, 0.3) is 0 Å². The van der Waals surface area contributed by atoms with Gasteiger partial charge in [-0.15, -0.1) is 0 Å². The quantitative estimate of drug-likeness (QED) is 0.277. The fraction of sp³-hybridized carbons (Fsp3) is 0.200. The number of aromatic hydroxyl groups is 3. The molecule has 0 bridgehead atoms. The Labute approximate surface area is 206 Å². The zero-order chi connectivity index (χ0) is 25.4. The van der Waals surface area contributed by atoms with E-state index in [4.69, 9.17) is 4.74 Å². The van der Waals surface area contributed by atoms with Gasteiger partial charge in [0, 0.05) is 5.69 Å². The summed E-state index contributed by atoms with van der Waals surface area (Å²) in [6.45, 7) is 11.4. The number of nitrogens with zero attached hydrogens (tertiary/aromatic N) is 1. The molecule has 5 heteroatoms. The molecule has 0 aliphatic heterocycles. The fourth-order valence-corrected chi connectivity index (χ4v) is 4.18. The Bertz CT molecular complexity index is 1350. The Morgan fingerprint density at radius 2 is 1.03 bits per heavy atom. The van der Waals surface area contributed by atoms with Crippen molar-refractivity contribution < 1.29 is 20.1 Å². The van der Waals surface area contributed by atoms with Crippen LogP contribution in [0.15, 0.2) is 60.7 Å². The molecule has 0 aliphatic rings. The summed E-state index contributed by atoms with van der Waals surface area (Å²) in [7, 11) is 0. The number of rotatable bonds is 5. The molecule has 4 rings (SSSR count). The number of anilines is 3. The number of phenolic OH excluding ortho intramolecular Hbond substituents is 3. The Balaban J connectivity index is 1.84. The van der Waals surface area contributed by atoms with E-state index in [1.807, 2.05) is 95.0 Å². The van der Waals surface area contributed by atoms with Gasteiger partial charge >= 0.3 is 0 Å². The van der Waals surface area contributed by atoms with Crippen LogP contribution < -0.4 is 9.64 Å². The first-order chi connectivity index (χ1) is 16.6. The maximum Gasteiger partial charge on any atom is 0.142 e. The molecular weight excluding hydrogens is 438 g/mol. The van der Waals surface area contributed by atoms with E-state index in [0.29, 0.717) is 22.9 Å². The molecule has 0 aliphatic carbocycles. The standard InChI is InChI=1S/C30H31NO4/c1-17-7-9-19(3)29(33)27(17)31(28-18(2)8-10-20(4)30(28)34)23-11-13-24(14-12-23)35-26-16-15-25(32)21(5)22(26)6/h7-16,32-34H,1-6H3. The molecule has 0 saturated heterocycles. The maximum atomic E-state index is 11.1. The second kappa shape index (κ2) is 9.26. The third kappa shape index (κ3) is 4.37. The molecule has 0 saturated carbocycles. The van der Waals surface area contributed by atoms with Crippen molar-refractivity contribution in [2.75, 3.05) is 4.90 Å². The predicted molar refractivity (Wildman–Crippen MR) is 141 cm³/mol. The first kappa shape index (κ1) is 24.0. The zero-order valence-corrected chi connectivity index (χ0v) is 21.0. The molecule has 0 atom stereocenters. The molecule has 3 N–H and O–H groups in total. The van der Waals surface area contributed by atoms with Gasteiger partial charge < -0.3 is 25.0 Å². The van der Waals surface area contributed by atoms with Crippen LogP contribution in [-0.4, -0.2) is 15.3 Å². The lowest BCUT2D eigenvalue weighted by Crippen LogP contribution is -2.14. The van der Waals surface area contributed by atoms with E-state index in [2.05, 4.69) is 0 Å².